The number of hydrogen-bond acceptors (Lipinski definition) is 4. The first kappa shape index (κ1) is 18.1. The first-order valence-electron chi connectivity index (χ1n) is 5.27. The second-order valence-corrected chi connectivity index (χ2v) is 3.47. The van der Waals surface area contributed by atoms with Gasteiger partial charge >= 0.3 is 16.5 Å². The quantitative estimate of drug-likeness (QED) is 0.398. The van der Waals surface area contributed by atoms with E-state index in [4.69, 9.17) is 0 Å². The van der Waals surface area contributed by atoms with Gasteiger partial charge in [-0.15, -0.1) is 0 Å². The van der Waals surface area contributed by atoms with Gasteiger partial charge in [0.05, 0.1) is 6.21 Å². The molecule has 0 fully saturated rings. The fraction of sp³-hybridized carbons (Fsp3) is 0. The van der Waals surface area contributed by atoms with Crippen LogP contribution in [0.4, 0.5) is 0 Å². The summed E-state index contributed by atoms with van der Waals surface area (Å²) in [6.07, 6.45) is 4.36. The summed E-state index contributed by atoms with van der Waals surface area (Å²) in [5.41, 5.74) is 3.22. The standard InChI is InChI=1S/C13H11N3O2.ClH.Ni/c17-12-4-2-1-3-11(12)9-15-16-13(18)10-5-7-14-8-6-10;;/h1-9,17H,(H,16,18);1H;/q;;+2/p-2/b15-9+;;. The maximum atomic E-state index is 11.6. The van der Waals surface area contributed by atoms with E-state index in [1.165, 1.54) is 24.7 Å². The van der Waals surface area contributed by atoms with Crippen LogP contribution in [0.5, 0.6) is 5.75 Å². The van der Waals surface area contributed by atoms with Crippen molar-refractivity contribution in [1.29, 1.82) is 0 Å². The van der Waals surface area contributed by atoms with E-state index in [0.29, 0.717) is 11.1 Å². The molecule has 0 bridgehead atoms. The van der Waals surface area contributed by atoms with E-state index < -0.39 is 0 Å². The molecule has 0 unspecified atom stereocenters. The molecule has 0 saturated heterocycles. The summed E-state index contributed by atoms with van der Waals surface area (Å²) in [5, 5.41) is 15.1. The van der Waals surface area contributed by atoms with Gasteiger partial charge in [-0.25, -0.2) is 5.43 Å². The number of aromatic nitrogens is 1. The zero-order chi connectivity index (χ0) is 12.8. The molecule has 0 spiro atoms. The van der Waals surface area contributed by atoms with Gasteiger partial charge in [-0.05, 0) is 17.7 Å². The summed E-state index contributed by atoms with van der Waals surface area (Å²) in [6, 6.07) is 9.60. The van der Waals surface area contributed by atoms with E-state index in [9.17, 15) is 9.90 Å². The van der Waals surface area contributed by atoms with Crippen LogP contribution in [0.25, 0.3) is 0 Å². The molecule has 1 heterocycles. The van der Waals surface area contributed by atoms with Crippen molar-refractivity contribution in [1.82, 2.24) is 10.4 Å². The maximum absolute atomic E-state index is 11.6. The predicted octanol–water partition coefficient (Wildman–Crippen LogP) is -2.08. The Balaban J connectivity index is 0.00000180. The number of hydrogen-bond donors (Lipinski definition) is 1. The van der Waals surface area contributed by atoms with E-state index in [-0.39, 0.29) is 40.6 Å². The fourth-order valence-corrected chi connectivity index (χ4v) is 1.32. The van der Waals surface area contributed by atoms with Crippen LogP contribution in [-0.2, 0) is 16.5 Å². The Hall–Kier alpha value is -1.91. The van der Waals surface area contributed by atoms with Gasteiger partial charge in [0, 0.05) is 18.0 Å². The molecule has 1 aromatic carbocycles. The van der Waals surface area contributed by atoms with Crippen molar-refractivity contribution >= 4 is 12.1 Å². The normalized spacial score (nSPS) is 9.40. The molecule has 0 radical (unpaired) electrons. The topological polar surface area (TPSA) is 77.4 Å². The van der Waals surface area contributed by atoms with Crippen LogP contribution in [0.1, 0.15) is 15.9 Å². The smallest absolute Gasteiger partial charge is 1.00 e. The summed E-state index contributed by atoms with van der Waals surface area (Å²) in [5.74, 6) is -0.489. The minimum absolute atomic E-state index is 0. The van der Waals surface area contributed by atoms with Crippen LogP contribution in [-0.4, -0.2) is 17.1 Å². The number of amides is 1. The number of halogens is 1. The molecule has 2 aromatic rings. The van der Waals surface area contributed by atoms with Crippen molar-refractivity contribution in [2.75, 3.05) is 0 Å². The molecule has 1 aromatic heterocycles. The van der Waals surface area contributed by atoms with Crippen molar-refractivity contribution in [3.05, 3.63) is 59.9 Å². The molecule has 5 nitrogen and oxygen atoms in total. The third-order valence-corrected chi connectivity index (χ3v) is 2.23. The Bertz CT molecular complexity index is 579. The third kappa shape index (κ3) is 4.99. The number of hydrazone groups is 1. The van der Waals surface area contributed by atoms with Crippen LogP contribution in [0.2, 0.25) is 0 Å². The molecular weight excluding hydrogens is 324 g/mol. The third-order valence-electron chi connectivity index (χ3n) is 2.23. The van der Waals surface area contributed by atoms with Crippen molar-refractivity contribution in [3.63, 3.8) is 0 Å². The minimum atomic E-state index is -0.350. The fourth-order valence-electron chi connectivity index (χ4n) is 1.32. The van der Waals surface area contributed by atoms with E-state index in [2.05, 4.69) is 15.5 Å². The molecule has 0 aliphatic heterocycles. The number of para-hydroxylation sites is 1. The van der Waals surface area contributed by atoms with Crippen molar-refractivity contribution < 1.29 is 38.8 Å². The molecule has 0 aliphatic rings. The Morgan fingerprint density at radius 2 is 1.85 bits per heavy atom. The van der Waals surface area contributed by atoms with Crippen LogP contribution < -0.4 is 22.9 Å². The zero-order valence-electron chi connectivity index (χ0n) is 10.1. The van der Waals surface area contributed by atoms with E-state index in [1.807, 2.05) is 0 Å². The summed E-state index contributed by atoms with van der Waals surface area (Å²) in [7, 11) is 0. The SMILES string of the molecule is O=C(N/N=C/c1ccccc1[O-])c1ccncc1.[Cl-].[Ni+2]. The van der Waals surface area contributed by atoms with E-state index in [0.717, 1.165) is 0 Å². The molecular formula is C13H10ClN3NiO2. The number of pyridine rings is 1. The number of nitrogens with zero attached hydrogens (tertiary/aromatic N) is 2. The van der Waals surface area contributed by atoms with E-state index in [1.54, 1.807) is 30.3 Å². The number of carbonyl (C=O) groups is 1. The summed E-state index contributed by atoms with van der Waals surface area (Å²) >= 11 is 0. The maximum Gasteiger partial charge on any atom is 2.00 e. The summed E-state index contributed by atoms with van der Waals surface area (Å²) < 4.78 is 0. The molecule has 20 heavy (non-hydrogen) atoms. The van der Waals surface area contributed by atoms with Crippen LogP contribution >= 0.6 is 0 Å². The minimum Gasteiger partial charge on any atom is -1.00 e. The second-order valence-electron chi connectivity index (χ2n) is 3.47. The predicted molar refractivity (Wildman–Crippen MR) is 65.2 cm³/mol. The number of carbonyl (C=O) groups excluding carboxylic acids is 1. The second kappa shape index (κ2) is 9.07. The monoisotopic (exact) mass is 333 g/mol. The summed E-state index contributed by atoms with van der Waals surface area (Å²) in [6.45, 7) is 0. The molecule has 1 N–H and O–H groups in total. The summed E-state index contributed by atoms with van der Waals surface area (Å²) in [4.78, 5) is 15.4. The van der Waals surface area contributed by atoms with Gasteiger partial charge in [0.1, 0.15) is 0 Å². The van der Waals surface area contributed by atoms with Gasteiger partial charge in [0.2, 0.25) is 0 Å². The molecule has 106 valence electrons. The van der Waals surface area contributed by atoms with Crippen molar-refractivity contribution in [3.8, 4) is 5.75 Å². The molecule has 1 amide bonds. The zero-order valence-corrected chi connectivity index (χ0v) is 11.8. The Kier molecular flexibility index (Phi) is 8.21. The van der Waals surface area contributed by atoms with Gasteiger partial charge in [-0.3, -0.25) is 9.78 Å². The van der Waals surface area contributed by atoms with Gasteiger partial charge in [-0.1, -0.05) is 30.0 Å². The average molecular weight is 334 g/mol. The first-order valence-corrected chi connectivity index (χ1v) is 5.27. The van der Waals surface area contributed by atoms with Gasteiger partial charge in [-0.2, -0.15) is 5.10 Å². The average Bonchev–Trinajstić information content (AvgIpc) is 2.42. The van der Waals surface area contributed by atoms with Gasteiger partial charge in [0.25, 0.3) is 5.91 Å². The Labute approximate surface area is 132 Å². The van der Waals surface area contributed by atoms with Crippen LogP contribution in [0.3, 0.4) is 0 Å². The number of benzene rings is 1. The first-order chi connectivity index (χ1) is 8.77. The van der Waals surface area contributed by atoms with Crippen molar-refractivity contribution in [2.45, 2.75) is 0 Å². The van der Waals surface area contributed by atoms with E-state index >= 15 is 0 Å². The van der Waals surface area contributed by atoms with Crippen LogP contribution in [0.15, 0.2) is 53.9 Å². The number of rotatable bonds is 3. The Morgan fingerprint density at radius 1 is 1.20 bits per heavy atom. The van der Waals surface area contributed by atoms with Crippen molar-refractivity contribution in [2.24, 2.45) is 5.10 Å². The largest absolute Gasteiger partial charge is 2.00 e. The van der Waals surface area contributed by atoms with Gasteiger partial charge in [0.15, 0.2) is 0 Å². The molecule has 0 aliphatic carbocycles. The number of nitrogens with one attached hydrogen (secondary N) is 1. The van der Waals surface area contributed by atoms with Crippen LogP contribution in [0, 0.1) is 0 Å². The molecule has 0 saturated carbocycles. The molecule has 7 heteroatoms. The molecule has 2 rings (SSSR count). The molecule has 0 atom stereocenters. The van der Waals surface area contributed by atoms with Gasteiger partial charge < -0.3 is 17.5 Å². The Morgan fingerprint density at radius 3 is 2.50 bits per heavy atom.